The zero-order chi connectivity index (χ0) is 5.70. The van der Waals surface area contributed by atoms with Crippen molar-refractivity contribution < 1.29 is 5.02 Å². The van der Waals surface area contributed by atoms with E-state index < -0.39 is 0 Å². The molecule has 0 saturated carbocycles. The van der Waals surface area contributed by atoms with Crippen LogP contribution in [0.2, 0.25) is 0 Å². The van der Waals surface area contributed by atoms with Gasteiger partial charge in [0.25, 0.3) is 0 Å². The summed E-state index contributed by atoms with van der Waals surface area (Å²) in [5, 5.41) is 8.12. The molecule has 0 aliphatic carbocycles. The smallest absolute Gasteiger partial charge is 0.306 e. The van der Waals surface area contributed by atoms with E-state index in [1.54, 1.807) is 0 Å². The molecule has 1 atom stereocenters. The van der Waals surface area contributed by atoms with Gasteiger partial charge in [0, 0.05) is 12.4 Å². The lowest BCUT2D eigenvalue weighted by molar-refractivity contribution is 0.580. The van der Waals surface area contributed by atoms with Crippen molar-refractivity contribution in [3.63, 3.8) is 0 Å². The lowest BCUT2D eigenvalue weighted by Gasteiger charge is -1.95. The van der Waals surface area contributed by atoms with Gasteiger partial charge in [0.05, 0.1) is 0 Å². The van der Waals surface area contributed by atoms with Gasteiger partial charge in [-0.1, -0.05) is 0 Å². The molecule has 0 saturated heterocycles. The molecule has 7 heavy (non-hydrogen) atoms. The van der Waals surface area contributed by atoms with Crippen LogP contribution in [0.5, 0.6) is 0 Å². The minimum absolute atomic E-state index is 0.356. The number of nitrogens with two attached hydrogens (primary N) is 1. The SMILES string of the molecule is C#CCC(N)[B]O. The lowest BCUT2D eigenvalue weighted by Crippen LogP contribution is -2.26. The predicted octanol–water partition coefficient (Wildman–Crippen LogP) is -1.09. The standard InChI is InChI=1S/C4H7BNO/c1-2-3-4(6)5-7/h1,4,7H,3,6H2. The molecule has 1 radical (unpaired) electrons. The van der Waals surface area contributed by atoms with Crippen molar-refractivity contribution in [2.45, 2.75) is 12.4 Å². The first kappa shape index (κ1) is 6.54. The largest absolute Gasteiger partial charge is 0.453 e. The predicted molar refractivity (Wildman–Crippen MR) is 29.4 cm³/mol. The Hall–Kier alpha value is -0.455. The molecule has 0 aromatic carbocycles. The molecule has 0 aromatic rings. The first-order valence-electron chi connectivity index (χ1n) is 1.98. The van der Waals surface area contributed by atoms with E-state index in [4.69, 9.17) is 17.2 Å². The van der Waals surface area contributed by atoms with Crippen LogP contribution in [0, 0.1) is 12.3 Å². The van der Waals surface area contributed by atoms with E-state index in [2.05, 4.69) is 5.92 Å². The molecular formula is C4H7BNO. The molecule has 0 bridgehead atoms. The first-order chi connectivity index (χ1) is 3.31. The summed E-state index contributed by atoms with van der Waals surface area (Å²) in [6, 6.07) is 0. The molecule has 0 aliphatic rings. The lowest BCUT2D eigenvalue weighted by atomic mass is 9.87. The molecule has 37 valence electrons. The molecule has 0 fully saturated rings. The molecule has 1 unspecified atom stereocenters. The average molecular weight is 95.9 g/mol. The summed E-state index contributed by atoms with van der Waals surface area (Å²) in [4.78, 5) is 0. The second-order valence-corrected chi connectivity index (χ2v) is 1.22. The van der Waals surface area contributed by atoms with Crippen molar-refractivity contribution in [3.05, 3.63) is 0 Å². The van der Waals surface area contributed by atoms with Gasteiger partial charge < -0.3 is 10.8 Å². The maximum atomic E-state index is 8.12. The van der Waals surface area contributed by atoms with Crippen LogP contribution in [0.3, 0.4) is 0 Å². The molecule has 0 spiro atoms. The summed E-state index contributed by atoms with van der Waals surface area (Å²) in [6.45, 7) is 0. The number of terminal acetylenes is 1. The molecule has 0 amide bonds. The Bertz CT molecular complexity index is 78.2. The van der Waals surface area contributed by atoms with Gasteiger partial charge >= 0.3 is 7.48 Å². The highest BCUT2D eigenvalue weighted by Gasteiger charge is 1.96. The quantitative estimate of drug-likeness (QED) is 0.338. The zero-order valence-electron chi connectivity index (χ0n) is 3.96. The van der Waals surface area contributed by atoms with Crippen molar-refractivity contribution in [1.29, 1.82) is 0 Å². The highest BCUT2D eigenvalue weighted by Crippen LogP contribution is 1.77. The Labute approximate surface area is 44.0 Å². The monoisotopic (exact) mass is 96.1 g/mol. The van der Waals surface area contributed by atoms with Crippen LogP contribution in [0.4, 0.5) is 0 Å². The Kier molecular flexibility index (Phi) is 3.48. The van der Waals surface area contributed by atoms with E-state index in [0.29, 0.717) is 6.42 Å². The van der Waals surface area contributed by atoms with Crippen LogP contribution >= 0.6 is 0 Å². The number of rotatable bonds is 2. The summed E-state index contributed by atoms with van der Waals surface area (Å²) in [5.41, 5.74) is 5.14. The van der Waals surface area contributed by atoms with Crippen molar-refractivity contribution in [2.75, 3.05) is 0 Å². The Morgan fingerprint density at radius 1 is 2.00 bits per heavy atom. The molecule has 2 nitrogen and oxygen atoms in total. The van der Waals surface area contributed by atoms with E-state index in [9.17, 15) is 0 Å². The zero-order valence-corrected chi connectivity index (χ0v) is 3.96. The molecule has 0 rings (SSSR count). The average Bonchev–Trinajstić information content (AvgIpc) is 1.68. The van der Waals surface area contributed by atoms with Crippen LogP contribution in [-0.4, -0.2) is 18.4 Å². The Balaban J connectivity index is 3.03. The summed E-state index contributed by atoms with van der Waals surface area (Å²) < 4.78 is 0. The third-order valence-corrected chi connectivity index (χ3v) is 0.545. The molecule has 3 N–H and O–H groups in total. The fourth-order valence-electron chi connectivity index (χ4n) is 0.189. The van der Waals surface area contributed by atoms with Gasteiger partial charge in [0.15, 0.2) is 0 Å². The highest BCUT2D eigenvalue weighted by molar-refractivity contribution is 6.27. The van der Waals surface area contributed by atoms with Gasteiger partial charge in [0.1, 0.15) is 0 Å². The van der Waals surface area contributed by atoms with Crippen molar-refractivity contribution in [3.8, 4) is 12.3 Å². The second kappa shape index (κ2) is 3.73. The molecular weight excluding hydrogens is 88.9 g/mol. The van der Waals surface area contributed by atoms with Crippen molar-refractivity contribution in [2.24, 2.45) is 5.73 Å². The summed E-state index contributed by atoms with van der Waals surface area (Å²) >= 11 is 0. The molecule has 3 heteroatoms. The maximum absolute atomic E-state index is 8.12. The van der Waals surface area contributed by atoms with E-state index in [1.165, 1.54) is 0 Å². The summed E-state index contributed by atoms with van der Waals surface area (Å²) in [6.07, 6.45) is 5.24. The second-order valence-electron chi connectivity index (χ2n) is 1.22. The van der Waals surface area contributed by atoms with Gasteiger partial charge in [-0.25, -0.2) is 0 Å². The third kappa shape index (κ3) is 3.37. The van der Waals surface area contributed by atoms with Crippen molar-refractivity contribution in [1.82, 2.24) is 0 Å². The van der Waals surface area contributed by atoms with Gasteiger partial charge in [-0.15, -0.1) is 12.3 Å². The Morgan fingerprint density at radius 3 is 2.71 bits per heavy atom. The summed E-state index contributed by atoms with van der Waals surface area (Å²) in [5.74, 6) is 1.95. The highest BCUT2D eigenvalue weighted by atomic mass is 16.2. The minimum atomic E-state index is -0.356. The normalized spacial score (nSPS) is 12.1. The molecule has 0 aliphatic heterocycles. The summed E-state index contributed by atoms with van der Waals surface area (Å²) in [7, 11) is 0.889. The number of hydrogen-bond acceptors (Lipinski definition) is 2. The minimum Gasteiger partial charge on any atom is -0.453 e. The van der Waals surface area contributed by atoms with Gasteiger partial charge in [-0.3, -0.25) is 0 Å². The Morgan fingerprint density at radius 2 is 2.57 bits per heavy atom. The molecule has 0 heterocycles. The maximum Gasteiger partial charge on any atom is 0.306 e. The van der Waals surface area contributed by atoms with Gasteiger partial charge in [-0.05, 0) is 0 Å². The van der Waals surface area contributed by atoms with Crippen LogP contribution in [0.1, 0.15) is 6.42 Å². The van der Waals surface area contributed by atoms with Crippen molar-refractivity contribution >= 4 is 7.48 Å². The van der Waals surface area contributed by atoms with Crippen LogP contribution < -0.4 is 5.73 Å². The van der Waals surface area contributed by atoms with Crippen LogP contribution in [-0.2, 0) is 0 Å². The third-order valence-electron chi connectivity index (χ3n) is 0.545. The van der Waals surface area contributed by atoms with E-state index in [0.717, 1.165) is 7.48 Å². The van der Waals surface area contributed by atoms with Crippen LogP contribution in [0.15, 0.2) is 0 Å². The fraction of sp³-hybridized carbons (Fsp3) is 0.500. The topological polar surface area (TPSA) is 46.2 Å². The van der Waals surface area contributed by atoms with Crippen LogP contribution in [0.25, 0.3) is 0 Å². The number of hydrogen-bond donors (Lipinski definition) is 2. The van der Waals surface area contributed by atoms with E-state index >= 15 is 0 Å². The molecule has 0 aromatic heterocycles. The van der Waals surface area contributed by atoms with E-state index in [-0.39, 0.29) is 5.94 Å². The van der Waals surface area contributed by atoms with Gasteiger partial charge in [-0.2, -0.15) is 0 Å². The van der Waals surface area contributed by atoms with E-state index in [1.807, 2.05) is 0 Å². The van der Waals surface area contributed by atoms with Gasteiger partial charge in [0.2, 0.25) is 0 Å². The first-order valence-corrected chi connectivity index (χ1v) is 1.98. The fourth-order valence-corrected chi connectivity index (χ4v) is 0.189.